The minimum Gasteiger partial charge on any atom is -0.362 e. The van der Waals surface area contributed by atoms with Crippen molar-refractivity contribution >= 4 is 11.8 Å². The van der Waals surface area contributed by atoms with Gasteiger partial charge in [0, 0.05) is 32.2 Å². The van der Waals surface area contributed by atoms with Crippen molar-refractivity contribution in [1.29, 1.82) is 5.26 Å². The molecule has 1 aromatic carbocycles. The molecule has 1 fully saturated rings. The molecule has 31 heavy (non-hydrogen) atoms. The number of fused-ring (bicyclic) bond motifs is 1. The third-order valence-electron chi connectivity index (χ3n) is 6.65. The van der Waals surface area contributed by atoms with E-state index in [0.717, 1.165) is 61.7 Å². The quantitative estimate of drug-likeness (QED) is 0.706. The number of nitrogens with one attached hydrogen (secondary N) is 2. The summed E-state index contributed by atoms with van der Waals surface area (Å²) >= 11 is 0. The van der Waals surface area contributed by atoms with Gasteiger partial charge in [0.05, 0.1) is 17.3 Å². The lowest BCUT2D eigenvalue weighted by Gasteiger charge is -2.30. The molecular formula is C25H34N6. The van der Waals surface area contributed by atoms with Crippen LogP contribution in [0.15, 0.2) is 24.3 Å². The van der Waals surface area contributed by atoms with Gasteiger partial charge in [0.25, 0.3) is 0 Å². The summed E-state index contributed by atoms with van der Waals surface area (Å²) in [7, 11) is 4.16. The van der Waals surface area contributed by atoms with Crippen LogP contribution >= 0.6 is 0 Å². The van der Waals surface area contributed by atoms with E-state index in [2.05, 4.69) is 35.7 Å². The monoisotopic (exact) mass is 418 g/mol. The highest BCUT2D eigenvalue weighted by molar-refractivity contribution is 5.53. The normalized spacial score (nSPS) is 20.5. The number of aromatic nitrogens is 2. The van der Waals surface area contributed by atoms with Gasteiger partial charge in [-0.05, 0) is 75.5 Å². The fourth-order valence-corrected chi connectivity index (χ4v) is 4.90. The Bertz CT molecular complexity index is 924. The maximum Gasteiger partial charge on any atom is 0.225 e. The maximum absolute atomic E-state index is 9.23. The van der Waals surface area contributed by atoms with Crippen molar-refractivity contribution in [2.24, 2.45) is 5.92 Å². The summed E-state index contributed by atoms with van der Waals surface area (Å²) in [6.07, 6.45) is 9.35. The Morgan fingerprint density at radius 1 is 1.06 bits per heavy atom. The zero-order valence-electron chi connectivity index (χ0n) is 18.8. The number of aryl methyl sites for hydroxylation is 1. The minimum atomic E-state index is 0.451. The van der Waals surface area contributed by atoms with Crippen LogP contribution in [-0.4, -0.2) is 36.6 Å². The van der Waals surface area contributed by atoms with Gasteiger partial charge in [0.1, 0.15) is 5.82 Å². The number of hydrogen-bond donors (Lipinski definition) is 2. The second-order valence-corrected chi connectivity index (χ2v) is 9.16. The second kappa shape index (κ2) is 10.1. The van der Waals surface area contributed by atoms with E-state index in [4.69, 9.17) is 9.97 Å². The molecule has 0 radical (unpaired) electrons. The number of hydrogen-bond acceptors (Lipinski definition) is 6. The van der Waals surface area contributed by atoms with Crippen molar-refractivity contribution in [2.75, 3.05) is 30.9 Å². The van der Waals surface area contributed by atoms with E-state index in [1.165, 1.54) is 36.9 Å². The summed E-state index contributed by atoms with van der Waals surface area (Å²) in [6.45, 7) is 1.77. The molecule has 0 amide bonds. The summed E-state index contributed by atoms with van der Waals surface area (Å²) in [6, 6.07) is 10.6. The first kappa shape index (κ1) is 21.6. The molecule has 0 aliphatic heterocycles. The fourth-order valence-electron chi connectivity index (χ4n) is 4.90. The first-order chi connectivity index (χ1) is 15.1. The molecule has 0 unspecified atom stereocenters. The number of nitrogens with zero attached hydrogens (tertiary/aromatic N) is 4. The van der Waals surface area contributed by atoms with Gasteiger partial charge in [-0.3, -0.25) is 0 Å². The molecule has 0 spiro atoms. The van der Waals surface area contributed by atoms with E-state index in [-0.39, 0.29) is 0 Å². The molecule has 164 valence electrons. The zero-order valence-corrected chi connectivity index (χ0v) is 18.8. The van der Waals surface area contributed by atoms with Crippen molar-refractivity contribution < 1.29 is 0 Å². The van der Waals surface area contributed by atoms with Gasteiger partial charge in [-0.1, -0.05) is 18.2 Å². The molecule has 1 saturated carbocycles. The summed E-state index contributed by atoms with van der Waals surface area (Å²) in [5.74, 6) is 2.58. The predicted molar refractivity (Wildman–Crippen MR) is 125 cm³/mol. The van der Waals surface area contributed by atoms with Gasteiger partial charge in [-0.2, -0.15) is 10.2 Å². The van der Waals surface area contributed by atoms with Gasteiger partial charge in [0.2, 0.25) is 5.95 Å². The van der Waals surface area contributed by atoms with E-state index in [1.54, 1.807) is 0 Å². The van der Waals surface area contributed by atoms with Gasteiger partial charge in [0.15, 0.2) is 0 Å². The lowest BCUT2D eigenvalue weighted by molar-refractivity contribution is 0.323. The molecule has 0 saturated heterocycles. The average Bonchev–Trinajstić information content (AvgIpc) is 2.80. The minimum absolute atomic E-state index is 0.451. The standard InChI is InChI=1S/C25H34N6/c1-31(2)24-22-9-5-6-10-23(22)29-25(30-24)28-21-13-11-18(12-14-21)16-27-17-20-8-4-3-7-19(20)15-26/h3-4,7-8,18,21,27H,5-6,9-14,16-17H2,1-2H3,(H,28,29,30)/t18-,21+. The molecule has 0 bridgehead atoms. The Morgan fingerprint density at radius 2 is 1.84 bits per heavy atom. The molecule has 2 aromatic rings. The Balaban J connectivity index is 1.28. The summed E-state index contributed by atoms with van der Waals surface area (Å²) in [5, 5.41) is 16.4. The van der Waals surface area contributed by atoms with Crippen LogP contribution in [0.4, 0.5) is 11.8 Å². The third-order valence-corrected chi connectivity index (χ3v) is 6.65. The number of rotatable bonds is 7. The van der Waals surface area contributed by atoms with Gasteiger partial charge in [-0.25, -0.2) is 4.98 Å². The van der Waals surface area contributed by atoms with Crippen LogP contribution < -0.4 is 15.5 Å². The predicted octanol–water partition coefficient (Wildman–Crippen LogP) is 4.05. The van der Waals surface area contributed by atoms with Gasteiger partial charge >= 0.3 is 0 Å². The van der Waals surface area contributed by atoms with E-state index < -0.39 is 0 Å². The van der Waals surface area contributed by atoms with Crippen molar-refractivity contribution in [1.82, 2.24) is 15.3 Å². The molecule has 1 aromatic heterocycles. The average molecular weight is 419 g/mol. The highest BCUT2D eigenvalue weighted by Gasteiger charge is 2.24. The summed E-state index contributed by atoms with van der Waals surface area (Å²) in [5.41, 5.74) is 4.43. The molecular weight excluding hydrogens is 384 g/mol. The Kier molecular flexibility index (Phi) is 7.03. The highest BCUT2D eigenvalue weighted by atomic mass is 15.2. The smallest absolute Gasteiger partial charge is 0.225 e. The number of nitriles is 1. The summed E-state index contributed by atoms with van der Waals surface area (Å²) < 4.78 is 0. The summed E-state index contributed by atoms with van der Waals surface area (Å²) in [4.78, 5) is 11.9. The number of benzene rings is 1. The van der Waals surface area contributed by atoms with Crippen LogP contribution in [0.25, 0.3) is 0 Å². The molecule has 2 aliphatic carbocycles. The lowest BCUT2D eigenvalue weighted by Crippen LogP contribution is -2.32. The highest BCUT2D eigenvalue weighted by Crippen LogP contribution is 2.30. The Labute approximate surface area is 186 Å². The lowest BCUT2D eigenvalue weighted by atomic mass is 9.86. The van der Waals surface area contributed by atoms with Crippen LogP contribution in [0.5, 0.6) is 0 Å². The molecule has 2 N–H and O–H groups in total. The van der Waals surface area contributed by atoms with Crippen molar-refractivity contribution in [3.63, 3.8) is 0 Å². The molecule has 0 atom stereocenters. The fraction of sp³-hybridized carbons (Fsp3) is 0.560. The molecule has 4 rings (SSSR count). The third kappa shape index (κ3) is 5.34. The van der Waals surface area contributed by atoms with Crippen LogP contribution in [0, 0.1) is 17.2 Å². The van der Waals surface area contributed by atoms with E-state index in [1.807, 2.05) is 24.3 Å². The van der Waals surface area contributed by atoms with E-state index >= 15 is 0 Å². The van der Waals surface area contributed by atoms with Crippen molar-refractivity contribution in [2.45, 2.75) is 64.0 Å². The van der Waals surface area contributed by atoms with Crippen LogP contribution in [-0.2, 0) is 19.4 Å². The maximum atomic E-state index is 9.23. The number of anilines is 2. The molecule has 1 heterocycles. The van der Waals surface area contributed by atoms with Crippen LogP contribution in [0.2, 0.25) is 0 Å². The first-order valence-corrected chi connectivity index (χ1v) is 11.7. The molecule has 6 heteroatoms. The Hall–Kier alpha value is -2.65. The van der Waals surface area contributed by atoms with Crippen LogP contribution in [0.1, 0.15) is 60.9 Å². The second-order valence-electron chi connectivity index (χ2n) is 9.16. The Morgan fingerprint density at radius 3 is 2.61 bits per heavy atom. The van der Waals surface area contributed by atoms with E-state index in [0.29, 0.717) is 12.0 Å². The van der Waals surface area contributed by atoms with Gasteiger partial charge < -0.3 is 15.5 Å². The topological polar surface area (TPSA) is 76.9 Å². The largest absolute Gasteiger partial charge is 0.362 e. The van der Waals surface area contributed by atoms with Crippen molar-refractivity contribution in [3.05, 3.63) is 46.6 Å². The first-order valence-electron chi connectivity index (χ1n) is 11.7. The van der Waals surface area contributed by atoms with Crippen LogP contribution in [0.3, 0.4) is 0 Å². The molecule has 6 nitrogen and oxygen atoms in total. The van der Waals surface area contributed by atoms with Gasteiger partial charge in [-0.15, -0.1) is 0 Å². The van der Waals surface area contributed by atoms with E-state index in [9.17, 15) is 5.26 Å². The molecule has 2 aliphatic rings. The van der Waals surface area contributed by atoms with Crippen molar-refractivity contribution in [3.8, 4) is 6.07 Å². The zero-order chi connectivity index (χ0) is 21.6. The SMILES string of the molecule is CN(C)c1nc(N[C@H]2CC[C@@H](CNCc3ccccc3C#N)CC2)nc2c1CCCC2.